The number of oxazole rings is 2. The topological polar surface area (TPSA) is 87.7 Å². The van der Waals surface area contributed by atoms with Gasteiger partial charge in [0.2, 0.25) is 0 Å². The molecule has 8 nitrogen and oxygen atoms in total. The first-order chi connectivity index (χ1) is 14.4. The van der Waals surface area contributed by atoms with Crippen molar-refractivity contribution in [2.75, 3.05) is 0 Å². The van der Waals surface area contributed by atoms with E-state index in [9.17, 15) is 26.3 Å². The van der Waals surface area contributed by atoms with Gasteiger partial charge in [-0.05, 0) is 13.8 Å². The van der Waals surface area contributed by atoms with Crippen LogP contribution < -0.4 is 0 Å². The van der Waals surface area contributed by atoms with Crippen molar-refractivity contribution in [2.24, 2.45) is 0 Å². The molecule has 32 heavy (non-hydrogen) atoms. The number of alkyl halides is 6. The van der Waals surface area contributed by atoms with Crippen LogP contribution in [0.5, 0.6) is 0 Å². The molecule has 0 fully saturated rings. The number of rotatable bonds is 4. The third-order valence-corrected chi connectivity index (χ3v) is 4.13. The van der Waals surface area contributed by atoms with E-state index < -0.39 is 29.2 Å². The Labute approximate surface area is 189 Å². The van der Waals surface area contributed by atoms with Crippen molar-refractivity contribution in [3.05, 3.63) is 60.2 Å². The van der Waals surface area contributed by atoms with Crippen LogP contribution in [0.4, 0.5) is 26.3 Å². The molecule has 0 aliphatic heterocycles. The van der Waals surface area contributed by atoms with Crippen LogP contribution >= 0.6 is 0 Å². The van der Waals surface area contributed by atoms with E-state index in [1.165, 1.54) is 0 Å². The van der Waals surface area contributed by atoms with Crippen molar-refractivity contribution in [2.45, 2.75) is 31.6 Å². The molecule has 15 heteroatoms. The Kier molecular flexibility index (Phi) is 5.87. The standard InChI is InChI=1S/C17H10F6N6O2.Pt/c1-15(2,13-24-11(7-30-13)28-5-3-9(26-28)16(18,19)20)14-25-12(8-31-14)29-6-4-10(27-29)17(21,22)23;/h3-4,7-8H,1-2H3;/q-2;+2. The van der Waals surface area contributed by atoms with Gasteiger partial charge in [0.05, 0.1) is 35.5 Å². The molecular formula is C17H10F6N6O2Pt. The summed E-state index contributed by atoms with van der Waals surface area (Å²) in [6.07, 6.45) is -2.56. The van der Waals surface area contributed by atoms with Gasteiger partial charge < -0.3 is 18.2 Å². The molecule has 0 N–H and O–H groups in total. The van der Waals surface area contributed by atoms with Gasteiger partial charge in [-0.3, -0.25) is 20.2 Å². The van der Waals surface area contributed by atoms with Crippen molar-refractivity contribution in [3.8, 4) is 11.6 Å². The number of aromatic nitrogens is 6. The van der Waals surface area contributed by atoms with Gasteiger partial charge in [-0.25, -0.2) is 0 Å². The predicted molar refractivity (Wildman–Crippen MR) is 87.1 cm³/mol. The van der Waals surface area contributed by atoms with Crippen LogP contribution in [0.1, 0.15) is 37.0 Å². The molecule has 0 aromatic carbocycles. The first-order valence-electron chi connectivity index (χ1n) is 8.38. The zero-order valence-electron chi connectivity index (χ0n) is 15.9. The number of nitrogens with zero attached hydrogens (tertiary/aromatic N) is 6. The Hall–Kier alpha value is -2.89. The van der Waals surface area contributed by atoms with Crippen LogP contribution in [0.3, 0.4) is 0 Å². The largest absolute Gasteiger partial charge is 2.00 e. The molecule has 4 rings (SSSR count). The van der Waals surface area contributed by atoms with Gasteiger partial charge in [0.25, 0.3) is 0 Å². The Morgan fingerprint density at radius 2 is 1.12 bits per heavy atom. The Bertz CT molecular complexity index is 1130. The Balaban J connectivity index is 0.00000289. The summed E-state index contributed by atoms with van der Waals surface area (Å²) < 4.78 is 88.5. The summed E-state index contributed by atoms with van der Waals surface area (Å²) >= 11 is 0. The van der Waals surface area contributed by atoms with Crippen molar-refractivity contribution in [1.29, 1.82) is 0 Å². The van der Waals surface area contributed by atoms with Crippen LogP contribution in [0.15, 0.2) is 33.5 Å². The normalized spacial score (nSPS) is 12.8. The monoisotopic (exact) mass is 639 g/mol. The summed E-state index contributed by atoms with van der Waals surface area (Å²) in [4.78, 5) is 8.20. The number of halogens is 6. The molecular weight excluding hydrogens is 629 g/mol. The Morgan fingerprint density at radius 3 is 1.44 bits per heavy atom. The minimum absolute atomic E-state index is 0. The SMILES string of the molecule is CC(C)(c1nc(-n2[c-]cc(C(F)(F)F)n2)co1)c1nc(-n2[c-]cc(C(F)(F)F)n2)co1.[Pt+2]. The average molecular weight is 639 g/mol. The van der Waals surface area contributed by atoms with E-state index in [2.05, 4.69) is 32.6 Å². The van der Waals surface area contributed by atoms with Crippen LogP contribution in [-0.2, 0) is 38.8 Å². The summed E-state index contributed by atoms with van der Waals surface area (Å²) in [5.74, 6) is -0.122. The van der Waals surface area contributed by atoms with E-state index >= 15 is 0 Å². The fourth-order valence-corrected chi connectivity index (χ4v) is 2.48. The van der Waals surface area contributed by atoms with Crippen LogP contribution in [0.2, 0.25) is 0 Å². The van der Waals surface area contributed by atoms with Crippen LogP contribution in [-0.4, -0.2) is 29.5 Å². The minimum atomic E-state index is -4.64. The van der Waals surface area contributed by atoms with Crippen molar-refractivity contribution in [3.63, 3.8) is 0 Å². The maximum absolute atomic E-state index is 12.7. The summed E-state index contributed by atoms with van der Waals surface area (Å²) in [6, 6.07) is 1.32. The second-order valence-electron chi connectivity index (χ2n) is 6.78. The fraction of sp³-hybridized carbons (Fsp3) is 0.294. The summed E-state index contributed by atoms with van der Waals surface area (Å²) in [7, 11) is 0. The third kappa shape index (κ3) is 4.36. The molecule has 0 spiro atoms. The van der Waals surface area contributed by atoms with E-state index in [-0.39, 0.29) is 44.5 Å². The minimum Gasteiger partial charge on any atom is -0.459 e. The Morgan fingerprint density at radius 1 is 0.750 bits per heavy atom. The zero-order chi connectivity index (χ0) is 22.6. The molecule has 0 bridgehead atoms. The summed E-state index contributed by atoms with van der Waals surface area (Å²) in [5.41, 5.74) is -3.44. The second kappa shape index (κ2) is 7.91. The molecule has 0 saturated heterocycles. The van der Waals surface area contributed by atoms with Gasteiger partial charge in [-0.2, -0.15) is 26.3 Å². The molecule has 4 aromatic heterocycles. The van der Waals surface area contributed by atoms with E-state index in [0.717, 1.165) is 21.9 Å². The smallest absolute Gasteiger partial charge is 0.459 e. The predicted octanol–water partition coefficient (Wildman–Crippen LogP) is 4.00. The summed E-state index contributed by atoms with van der Waals surface area (Å²) in [5, 5.41) is 6.71. The molecule has 0 aliphatic rings. The maximum Gasteiger partial charge on any atom is 2.00 e. The van der Waals surface area contributed by atoms with E-state index in [1.807, 2.05) is 0 Å². The van der Waals surface area contributed by atoms with E-state index in [0.29, 0.717) is 12.1 Å². The average Bonchev–Trinajstić information content (AvgIpc) is 3.47. The van der Waals surface area contributed by atoms with Gasteiger partial charge in [0.1, 0.15) is 5.41 Å². The molecule has 0 radical (unpaired) electrons. The fourth-order valence-electron chi connectivity index (χ4n) is 2.48. The van der Waals surface area contributed by atoms with Gasteiger partial charge in [0.15, 0.2) is 11.8 Å². The quantitative estimate of drug-likeness (QED) is 0.248. The molecule has 0 atom stereocenters. The molecule has 0 amide bonds. The van der Waals surface area contributed by atoms with E-state index in [1.54, 1.807) is 13.8 Å². The van der Waals surface area contributed by atoms with Gasteiger partial charge >= 0.3 is 33.4 Å². The molecule has 4 heterocycles. The van der Waals surface area contributed by atoms with Crippen molar-refractivity contribution < 1.29 is 56.2 Å². The van der Waals surface area contributed by atoms with Gasteiger partial charge in [0, 0.05) is 0 Å². The van der Waals surface area contributed by atoms with Gasteiger partial charge in [-0.15, -0.1) is 12.1 Å². The summed E-state index contributed by atoms with van der Waals surface area (Å²) in [6.45, 7) is 3.17. The number of hydrogen-bond donors (Lipinski definition) is 0. The molecule has 0 unspecified atom stereocenters. The van der Waals surface area contributed by atoms with Crippen LogP contribution in [0, 0.1) is 12.4 Å². The third-order valence-electron chi connectivity index (χ3n) is 4.13. The first kappa shape index (κ1) is 23.8. The number of hydrogen-bond acceptors (Lipinski definition) is 6. The van der Waals surface area contributed by atoms with Gasteiger partial charge in [-0.1, -0.05) is 12.4 Å². The first-order valence-corrected chi connectivity index (χ1v) is 8.38. The molecule has 172 valence electrons. The second-order valence-corrected chi connectivity index (χ2v) is 6.78. The van der Waals surface area contributed by atoms with E-state index in [4.69, 9.17) is 8.83 Å². The zero-order valence-corrected chi connectivity index (χ0v) is 18.2. The maximum atomic E-state index is 12.7. The van der Waals surface area contributed by atoms with Crippen molar-refractivity contribution in [1.82, 2.24) is 29.5 Å². The molecule has 0 aliphatic carbocycles. The van der Waals surface area contributed by atoms with Crippen molar-refractivity contribution >= 4 is 0 Å². The van der Waals surface area contributed by atoms with Crippen LogP contribution in [0.25, 0.3) is 11.6 Å². The molecule has 0 saturated carbocycles. The molecule has 4 aromatic rings.